The Bertz CT molecular complexity index is 344. The Hall–Kier alpha value is -0.750. The van der Waals surface area contributed by atoms with E-state index < -0.39 is 11.7 Å². The molecule has 0 aliphatic rings. The fraction of sp³-hybridized carbons (Fsp3) is 0.556. The molecule has 1 amide bonds. The van der Waals surface area contributed by atoms with Crippen LogP contribution in [0.2, 0.25) is 0 Å². The van der Waals surface area contributed by atoms with E-state index in [-0.39, 0.29) is 0 Å². The Morgan fingerprint density at radius 3 is 2.73 bits per heavy atom. The van der Waals surface area contributed by atoms with Crippen molar-refractivity contribution in [3.8, 4) is 0 Å². The first-order chi connectivity index (χ1) is 6.90. The summed E-state index contributed by atoms with van der Waals surface area (Å²) in [6.45, 7) is 5.46. The lowest BCUT2D eigenvalue weighted by Gasteiger charge is -2.18. The van der Waals surface area contributed by atoms with Gasteiger partial charge in [0, 0.05) is 5.38 Å². The lowest BCUT2D eigenvalue weighted by molar-refractivity contribution is 0.0636. The van der Waals surface area contributed by atoms with Gasteiger partial charge in [0.25, 0.3) is 0 Å². The highest BCUT2D eigenvalue weighted by Gasteiger charge is 2.17. The molecule has 15 heavy (non-hydrogen) atoms. The molecule has 1 aromatic rings. The third kappa shape index (κ3) is 4.53. The van der Waals surface area contributed by atoms with Crippen LogP contribution in [0.5, 0.6) is 0 Å². The molecule has 1 rings (SSSR count). The molecule has 84 valence electrons. The lowest BCUT2D eigenvalue weighted by atomic mass is 10.2. The second kappa shape index (κ2) is 4.85. The van der Waals surface area contributed by atoms with Crippen molar-refractivity contribution in [2.24, 2.45) is 0 Å². The second-order valence-corrected chi connectivity index (χ2v) is 5.51. The number of ether oxygens (including phenoxy) is 1. The number of nitrogens with one attached hydrogen (secondary N) is 1. The molecule has 0 unspecified atom stereocenters. The molecule has 4 nitrogen and oxygen atoms in total. The van der Waals surface area contributed by atoms with Crippen LogP contribution in [-0.2, 0) is 4.74 Å². The molecule has 0 aromatic carbocycles. The molecule has 0 fully saturated rings. The number of anilines is 1. The third-order valence-electron chi connectivity index (χ3n) is 1.30. The number of amides is 1. The number of nitrogens with zero attached hydrogens (tertiary/aromatic N) is 1. The Kier molecular flexibility index (Phi) is 3.98. The zero-order valence-electron chi connectivity index (χ0n) is 9.16. The number of hydrogen-bond donors (Lipinski definition) is 1. The van der Waals surface area contributed by atoms with Gasteiger partial charge >= 0.3 is 6.09 Å². The van der Waals surface area contributed by atoms with E-state index in [2.05, 4.69) is 10.3 Å². The summed E-state index contributed by atoms with van der Waals surface area (Å²) >= 11 is 2.92. The van der Waals surface area contributed by atoms with Crippen molar-refractivity contribution in [3.05, 3.63) is 5.38 Å². The molecule has 6 heteroatoms. The molecule has 0 saturated carbocycles. The molecule has 0 saturated heterocycles. The molecule has 1 aromatic heterocycles. The highest BCUT2D eigenvalue weighted by molar-refractivity contribution is 7.98. The van der Waals surface area contributed by atoms with Gasteiger partial charge in [-0.05, 0) is 27.0 Å². The van der Waals surface area contributed by atoms with Gasteiger partial charge in [0.05, 0.1) is 0 Å². The number of hydrogen-bond acceptors (Lipinski definition) is 5. The van der Waals surface area contributed by atoms with E-state index in [1.165, 1.54) is 23.1 Å². The highest BCUT2D eigenvalue weighted by atomic mass is 32.2. The number of thioether (sulfide) groups is 1. The number of carbonyl (C=O) groups is 1. The van der Waals surface area contributed by atoms with Crippen molar-refractivity contribution in [2.75, 3.05) is 11.6 Å². The van der Waals surface area contributed by atoms with Crippen LogP contribution in [0.25, 0.3) is 0 Å². The first-order valence-corrected chi connectivity index (χ1v) is 6.50. The molecule has 0 aliphatic heterocycles. The van der Waals surface area contributed by atoms with E-state index in [4.69, 9.17) is 4.74 Å². The monoisotopic (exact) mass is 246 g/mol. The first-order valence-electron chi connectivity index (χ1n) is 4.40. The number of carbonyl (C=O) groups excluding carboxylic acids is 1. The van der Waals surface area contributed by atoms with Crippen molar-refractivity contribution < 1.29 is 9.53 Å². The average Bonchev–Trinajstić information content (AvgIpc) is 2.48. The van der Waals surface area contributed by atoms with Crippen LogP contribution in [0.1, 0.15) is 20.8 Å². The Labute approximate surface area is 97.4 Å². The normalized spacial score (nSPS) is 11.2. The number of aromatic nitrogens is 1. The Balaban J connectivity index is 2.51. The maximum atomic E-state index is 11.4. The summed E-state index contributed by atoms with van der Waals surface area (Å²) in [5.41, 5.74) is -0.482. The van der Waals surface area contributed by atoms with E-state index in [9.17, 15) is 4.79 Å². The fourth-order valence-electron chi connectivity index (χ4n) is 0.801. The van der Waals surface area contributed by atoms with E-state index in [1.54, 1.807) is 0 Å². The predicted octanol–water partition coefficient (Wildman–Crippen LogP) is 3.21. The largest absolute Gasteiger partial charge is 0.444 e. The maximum Gasteiger partial charge on any atom is 0.413 e. The molecule has 0 radical (unpaired) electrons. The highest BCUT2D eigenvalue weighted by Crippen LogP contribution is 2.22. The van der Waals surface area contributed by atoms with E-state index in [0.29, 0.717) is 5.13 Å². The fourth-order valence-corrected chi connectivity index (χ4v) is 2.13. The van der Waals surface area contributed by atoms with Gasteiger partial charge in [0.2, 0.25) is 0 Å². The van der Waals surface area contributed by atoms with Crippen LogP contribution in [0.4, 0.5) is 9.93 Å². The van der Waals surface area contributed by atoms with Crippen molar-refractivity contribution in [1.29, 1.82) is 0 Å². The smallest absolute Gasteiger partial charge is 0.413 e. The summed E-state index contributed by atoms with van der Waals surface area (Å²) < 4.78 is 5.09. The van der Waals surface area contributed by atoms with Gasteiger partial charge in [0.15, 0.2) is 5.13 Å². The minimum absolute atomic E-state index is 0.468. The maximum absolute atomic E-state index is 11.4. The zero-order valence-corrected chi connectivity index (χ0v) is 10.8. The molecular weight excluding hydrogens is 232 g/mol. The summed E-state index contributed by atoms with van der Waals surface area (Å²) in [4.78, 5) is 15.5. The lowest BCUT2D eigenvalue weighted by Crippen LogP contribution is -2.27. The van der Waals surface area contributed by atoms with Gasteiger partial charge in [-0.3, -0.25) is 5.32 Å². The average molecular weight is 246 g/mol. The zero-order chi connectivity index (χ0) is 11.5. The van der Waals surface area contributed by atoms with Gasteiger partial charge in [-0.2, -0.15) is 0 Å². The van der Waals surface area contributed by atoms with Crippen molar-refractivity contribution >= 4 is 34.3 Å². The summed E-state index contributed by atoms with van der Waals surface area (Å²) in [6.07, 6.45) is 1.47. The number of rotatable bonds is 2. The third-order valence-corrected chi connectivity index (χ3v) is 2.83. The summed E-state index contributed by atoms with van der Waals surface area (Å²) in [6, 6.07) is 0. The van der Waals surface area contributed by atoms with E-state index in [0.717, 1.165) is 5.03 Å². The second-order valence-electron chi connectivity index (χ2n) is 3.82. The molecule has 1 heterocycles. The van der Waals surface area contributed by atoms with Crippen LogP contribution in [-0.4, -0.2) is 22.9 Å². The summed E-state index contributed by atoms with van der Waals surface area (Å²) in [7, 11) is 0. The molecular formula is C9H14N2O2S2. The summed E-state index contributed by atoms with van der Waals surface area (Å²) in [5.74, 6) is 0. The van der Waals surface area contributed by atoms with E-state index in [1.807, 2.05) is 32.4 Å². The van der Waals surface area contributed by atoms with Crippen LogP contribution in [0.3, 0.4) is 0 Å². The topological polar surface area (TPSA) is 51.2 Å². The van der Waals surface area contributed by atoms with Gasteiger partial charge in [0.1, 0.15) is 10.6 Å². The summed E-state index contributed by atoms with van der Waals surface area (Å²) in [5, 5.41) is 5.93. The van der Waals surface area contributed by atoms with Gasteiger partial charge in [-0.15, -0.1) is 23.1 Å². The van der Waals surface area contributed by atoms with Crippen LogP contribution < -0.4 is 5.32 Å². The molecule has 0 aliphatic carbocycles. The van der Waals surface area contributed by atoms with Crippen molar-refractivity contribution in [1.82, 2.24) is 4.98 Å². The standard InChI is InChI=1S/C9H14N2O2S2/c1-9(2,3)13-8(12)11-7-10-6(14-4)5-15-7/h5H,1-4H3,(H,10,11,12). The Morgan fingerprint density at radius 1 is 1.60 bits per heavy atom. The molecule has 0 atom stereocenters. The minimum atomic E-state index is -0.482. The quantitative estimate of drug-likeness (QED) is 0.814. The van der Waals surface area contributed by atoms with Crippen molar-refractivity contribution in [3.63, 3.8) is 0 Å². The SMILES string of the molecule is CSc1csc(NC(=O)OC(C)(C)C)n1. The molecule has 0 bridgehead atoms. The van der Waals surface area contributed by atoms with Crippen LogP contribution in [0.15, 0.2) is 10.4 Å². The predicted molar refractivity (Wildman–Crippen MR) is 63.8 cm³/mol. The number of thiazole rings is 1. The van der Waals surface area contributed by atoms with Gasteiger partial charge in [-0.25, -0.2) is 9.78 Å². The van der Waals surface area contributed by atoms with Gasteiger partial charge < -0.3 is 4.74 Å². The first kappa shape index (κ1) is 12.3. The molecule has 0 spiro atoms. The molecule has 1 N–H and O–H groups in total. The van der Waals surface area contributed by atoms with E-state index >= 15 is 0 Å². The van der Waals surface area contributed by atoms with Crippen molar-refractivity contribution in [2.45, 2.75) is 31.4 Å². The minimum Gasteiger partial charge on any atom is -0.444 e. The van der Waals surface area contributed by atoms with Gasteiger partial charge in [-0.1, -0.05) is 0 Å². The van der Waals surface area contributed by atoms with Crippen LogP contribution >= 0.6 is 23.1 Å². The van der Waals surface area contributed by atoms with Crippen LogP contribution in [0, 0.1) is 0 Å². The Morgan fingerprint density at radius 2 is 2.27 bits per heavy atom.